The number of hydrogen-bond donors (Lipinski definition) is 2. The molecule has 1 rings (SSSR count). The van der Waals surface area contributed by atoms with Gasteiger partial charge in [0.2, 0.25) is 0 Å². The predicted molar refractivity (Wildman–Crippen MR) is 73.4 cm³/mol. The molecule has 0 amide bonds. The molecule has 0 aliphatic heterocycles. The summed E-state index contributed by atoms with van der Waals surface area (Å²) in [6.45, 7) is 4.00. The number of halogens is 1. The van der Waals surface area contributed by atoms with Gasteiger partial charge < -0.3 is 15.2 Å². The zero-order valence-corrected chi connectivity index (χ0v) is 11.7. The summed E-state index contributed by atoms with van der Waals surface area (Å²) in [5, 5.41) is 12.9. The molecular formula is C13H20BrNO2. The molecule has 4 heteroatoms. The van der Waals surface area contributed by atoms with Gasteiger partial charge in [-0.15, -0.1) is 0 Å². The van der Waals surface area contributed by atoms with E-state index >= 15 is 0 Å². The molecule has 1 atom stereocenters. The van der Waals surface area contributed by atoms with Gasteiger partial charge in [0, 0.05) is 11.0 Å². The summed E-state index contributed by atoms with van der Waals surface area (Å²) < 4.78 is 6.49. The first-order valence-electron chi connectivity index (χ1n) is 5.99. The van der Waals surface area contributed by atoms with Crippen molar-refractivity contribution in [2.75, 3.05) is 19.7 Å². The van der Waals surface area contributed by atoms with Crippen molar-refractivity contribution in [2.24, 2.45) is 0 Å². The number of rotatable bonds is 8. The Bertz CT molecular complexity index is 303. The molecule has 3 nitrogen and oxygen atoms in total. The van der Waals surface area contributed by atoms with Crippen LogP contribution < -0.4 is 10.1 Å². The van der Waals surface area contributed by atoms with E-state index in [-0.39, 0.29) is 0 Å². The van der Waals surface area contributed by atoms with Crippen molar-refractivity contribution in [2.45, 2.75) is 25.9 Å². The molecule has 1 aromatic rings. The Morgan fingerprint density at radius 2 is 2.06 bits per heavy atom. The van der Waals surface area contributed by atoms with E-state index < -0.39 is 6.10 Å². The minimum absolute atomic E-state index is 0.320. The van der Waals surface area contributed by atoms with Crippen molar-refractivity contribution < 1.29 is 9.84 Å². The molecule has 17 heavy (non-hydrogen) atoms. The summed E-state index contributed by atoms with van der Waals surface area (Å²) in [4.78, 5) is 0. The first-order valence-corrected chi connectivity index (χ1v) is 6.79. The van der Waals surface area contributed by atoms with E-state index in [1.807, 2.05) is 24.3 Å². The number of hydrogen-bond acceptors (Lipinski definition) is 3. The molecule has 1 aromatic carbocycles. The Morgan fingerprint density at radius 1 is 1.35 bits per heavy atom. The van der Waals surface area contributed by atoms with Crippen LogP contribution in [0.15, 0.2) is 28.7 Å². The molecule has 2 N–H and O–H groups in total. The highest BCUT2D eigenvalue weighted by Crippen LogP contribution is 2.16. The van der Waals surface area contributed by atoms with Gasteiger partial charge in [-0.3, -0.25) is 0 Å². The third-order valence-electron chi connectivity index (χ3n) is 2.34. The largest absolute Gasteiger partial charge is 0.491 e. The summed E-state index contributed by atoms with van der Waals surface area (Å²) >= 11 is 3.36. The third-order valence-corrected chi connectivity index (χ3v) is 2.87. The average Bonchev–Trinajstić information content (AvgIpc) is 2.34. The Labute approximate surface area is 111 Å². The van der Waals surface area contributed by atoms with Crippen LogP contribution in [-0.2, 0) is 0 Å². The second-order valence-electron chi connectivity index (χ2n) is 3.98. The molecule has 96 valence electrons. The van der Waals surface area contributed by atoms with Crippen LogP contribution in [0, 0.1) is 0 Å². The number of ether oxygens (including phenoxy) is 1. The SMILES string of the molecule is CCCCNCC(O)COc1ccc(Br)cc1. The molecular weight excluding hydrogens is 282 g/mol. The maximum Gasteiger partial charge on any atom is 0.119 e. The van der Waals surface area contributed by atoms with Crippen molar-refractivity contribution in [3.05, 3.63) is 28.7 Å². The van der Waals surface area contributed by atoms with Gasteiger partial charge in [0.15, 0.2) is 0 Å². The van der Waals surface area contributed by atoms with Crippen LogP contribution in [0.3, 0.4) is 0 Å². The van der Waals surface area contributed by atoms with Crippen LogP contribution >= 0.6 is 15.9 Å². The van der Waals surface area contributed by atoms with Crippen molar-refractivity contribution in [3.8, 4) is 5.75 Å². The van der Waals surface area contributed by atoms with Crippen LogP contribution in [0.2, 0.25) is 0 Å². The number of nitrogens with one attached hydrogen (secondary N) is 1. The van der Waals surface area contributed by atoms with Crippen molar-refractivity contribution in [1.29, 1.82) is 0 Å². The highest BCUT2D eigenvalue weighted by atomic mass is 79.9. The smallest absolute Gasteiger partial charge is 0.119 e. The summed E-state index contributed by atoms with van der Waals surface area (Å²) in [6, 6.07) is 7.59. The van der Waals surface area contributed by atoms with E-state index in [9.17, 15) is 5.11 Å². The summed E-state index contributed by atoms with van der Waals surface area (Å²) in [6.07, 6.45) is 1.84. The molecule has 0 aliphatic carbocycles. The van der Waals surface area contributed by atoms with Crippen molar-refractivity contribution >= 4 is 15.9 Å². The first-order chi connectivity index (χ1) is 8.22. The molecule has 0 saturated carbocycles. The van der Waals surface area contributed by atoms with E-state index in [1.54, 1.807) is 0 Å². The fraction of sp³-hybridized carbons (Fsp3) is 0.538. The standard InChI is InChI=1S/C13H20BrNO2/c1-2-3-8-15-9-12(16)10-17-13-6-4-11(14)5-7-13/h4-7,12,15-16H,2-3,8-10H2,1H3. The van der Waals surface area contributed by atoms with Gasteiger partial charge in [-0.1, -0.05) is 29.3 Å². The number of aliphatic hydroxyl groups excluding tert-OH is 1. The second-order valence-corrected chi connectivity index (χ2v) is 4.89. The van der Waals surface area contributed by atoms with E-state index in [0.717, 1.165) is 23.2 Å². The fourth-order valence-corrected chi connectivity index (χ4v) is 1.62. The van der Waals surface area contributed by atoms with Crippen LogP contribution in [0.1, 0.15) is 19.8 Å². The van der Waals surface area contributed by atoms with Crippen LogP contribution in [-0.4, -0.2) is 30.9 Å². The van der Waals surface area contributed by atoms with Gasteiger partial charge in [0.05, 0.1) is 0 Å². The topological polar surface area (TPSA) is 41.5 Å². The summed E-state index contributed by atoms with van der Waals surface area (Å²) in [7, 11) is 0. The zero-order chi connectivity index (χ0) is 12.5. The van der Waals surface area contributed by atoms with E-state index in [2.05, 4.69) is 28.2 Å². The van der Waals surface area contributed by atoms with E-state index in [0.29, 0.717) is 13.2 Å². The molecule has 0 heterocycles. The number of unbranched alkanes of at least 4 members (excludes halogenated alkanes) is 1. The quantitative estimate of drug-likeness (QED) is 0.725. The van der Waals surface area contributed by atoms with Crippen molar-refractivity contribution in [3.63, 3.8) is 0 Å². The van der Waals surface area contributed by atoms with Gasteiger partial charge in [0.1, 0.15) is 18.5 Å². The normalized spacial score (nSPS) is 12.4. The molecule has 0 bridgehead atoms. The van der Waals surface area contributed by atoms with Gasteiger partial charge in [-0.05, 0) is 37.2 Å². The monoisotopic (exact) mass is 301 g/mol. The van der Waals surface area contributed by atoms with Crippen LogP contribution in [0.25, 0.3) is 0 Å². The zero-order valence-electron chi connectivity index (χ0n) is 10.2. The average molecular weight is 302 g/mol. The molecule has 0 spiro atoms. The molecule has 0 aliphatic rings. The third kappa shape index (κ3) is 6.66. The van der Waals surface area contributed by atoms with E-state index in [1.165, 1.54) is 6.42 Å². The highest BCUT2D eigenvalue weighted by Gasteiger charge is 2.04. The molecule has 1 unspecified atom stereocenters. The van der Waals surface area contributed by atoms with Crippen LogP contribution in [0.5, 0.6) is 5.75 Å². The van der Waals surface area contributed by atoms with Gasteiger partial charge in [-0.2, -0.15) is 0 Å². The Hall–Kier alpha value is -0.580. The number of aliphatic hydroxyl groups is 1. The Kier molecular flexibility index (Phi) is 7.24. The minimum Gasteiger partial charge on any atom is -0.491 e. The fourth-order valence-electron chi connectivity index (χ4n) is 1.35. The maximum atomic E-state index is 9.67. The molecule has 0 fully saturated rings. The molecule has 0 radical (unpaired) electrons. The second kappa shape index (κ2) is 8.50. The van der Waals surface area contributed by atoms with E-state index in [4.69, 9.17) is 4.74 Å². The first kappa shape index (κ1) is 14.5. The predicted octanol–water partition coefficient (Wildman–Crippen LogP) is 2.58. The Balaban J connectivity index is 2.14. The lowest BCUT2D eigenvalue weighted by Gasteiger charge is -2.13. The molecule has 0 aromatic heterocycles. The summed E-state index contributed by atoms with van der Waals surface area (Å²) in [5.74, 6) is 0.779. The minimum atomic E-state index is -0.462. The Morgan fingerprint density at radius 3 is 2.71 bits per heavy atom. The van der Waals surface area contributed by atoms with Gasteiger partial charge in [0.25, 0.3) is 0 Å². The summed E-state index contributed by atoms with van der Waals surface area (Å²) in [5.41, 5.74) is 0. The van der Waals surface area contributed by atoms with Crippen LogP contribution in [0.4, 0.5) is 0 Å². The lowest BCUT2D eigenvalue weighted by molar-refractivity contribution is 0.106. The lowest BCUT2D eigenvalue weighted by Crippen LogP contribution is -2.31. The maximum absolute atomic E-state index is 9.67. The highest BCUT2D eigenvalue weighted by molar-refractivity contribution is 9.10. The van der Waals surface area contributed by atoms with Gasteiger partial charge >= 0.3 is 0 Å². The number of benzene rings is 1. The van der Waals surface area contributed by atoms with Gasteiger partial charge in [-0.25, -0.2) is 0 Å². The van der Waals surface area contributed by atoms with Crippen molar-refractivity contribution in [1.82, 2.24) is 5.32 Å². The molecule has 0 saturated heterocycles. The lowest BCUT2D eigenvalue weighted by atomic mass is 10.3.